The van der Waals surface area contributed by atoms with E-state index in [1.54, 1.807) is 8.61 Å². The van der Waals surface area contributed by atoms with Crippen molar-refractivity contribution in [2.24, 2.45) is 5.92 Å². The summed E-state index contributed by atoms with van der Waals surface area (Å²) in [6.45, 7) is 10.8. The minimum Gasteiger partial charge on any atom is -0.378 e. The summed E-state index contributed by atoms with van der Waals surface area (Å²) in [6, 6.07) is 0. The molecule has 130 valence electrons. The second-order valence-electron chi connectivity index (χ2n) is 6.91. The van der Waals surface area contributed by atoms with E-state index in [0.29, 0.717) is 32.1 Å². The largest absolute Gasteiger partial charge is 0.378 e. The summed E-state index contributed by atoms with van der Waals surface area (Å²) in [6.07, 6.45) is 1.65. The van der Waals surface area contributed by atoms with Crippen molar-refractivity contribution in [1.29, 1.82) is 0 Å². The Bertz CT molecular complexity index is 436. The smallest absolute Gasteiger partial charge is 0.282 e. The molecule has 0 unspecified atom stereocenters. The van der Waals surface area contributed by atoms with Crippen molar-refractivity contribution in [3.63, 3.8) is 0 Å². The topological polar surface area (TPSA) is 59.1 Å². The first-order chi connectivity index (χ1) is 10.3. The second-order valence-corrected chi connectivity index (χ2v) is 8.84. The molecule has 0 saturated carbocycles. The SMILES string of the molecule is CC(C)COC1CCN(S(=O)(=O)N2C[C@@H](C)O[C@@H](C)C2)CC1. The Kier molecular flexibility index (Phi) is 6.24. The van der Waals surface area contributed by atoms with Gasteiger partial charge in [0.1, 0.15) is 0 Å². The minimum absolute atomic E-state index is 0.0505. The van der Waals surface area contributed by atoms with Gasteiger partial charge in [0, 0.05) is 32.8 Å². The highest BCUT2D eigenvalue weighted by Crippen LogP contribution is 2.22. The monoisotopic (exact) mass is 334 g/mol. The summed E-state index contributed by atoms with van der Waals surface area (Å²) in [7, 11) is -3.37. The van der Waals surface area contributed by atoms with Crippen molar-refractivity contribution in [3.05, 3.63) is 0 Å². The first-order valence-corrected chi connectivity index (χ1v) is 9.71. The van der Waals surface area contributed by atoms with Crippen LogP contribution in [0, 0.1) is 5.92 Å². The highest BCUT2D eigenvalue weighted by atomic mass is 32.2. The summed E-state index contributed by atoms with van der Waals surface area (Å²) in [4.78, 5) is 0. The van der Waals surface area contributed by atoms with Gasteiger partial charge in [-0.3, -0.25) is 0 Å². The fraction of sp³-hybridized carbons (Fsp3) is 1.00. The molecule has 2 fully saturated rings. The zero-order chi connectivity index (χ0) is 16.3. The maximum Gasteiger partial charge on any atom is 0.282 e. The first kappa shape index (κ1) is 18.1. The molecule has 2 aliphatic heterocycles. The van der Waals surface area contributed by atoms with Crippen LogP contribution in [0.2, 0.25) is 0 Å². The van der Waals surface area contributed by atoms with E-state index in [4.69, 9.17) is 9.47 Å². The number of ether oxygens (including phenoxy) is 2. The van der Waals surface area contributed by atoms with Crippen LogP contribution in [0.15, 0.2) is 0 Å². The lowest BCUT2D eigenvalue weighted by Crippen LogP contribution is -2.54. The number of morpholine rings is 1. The van der Waals surface area contributed by atoms with E-state index in [2.05, 4.69) is 13.8 Å². The standard InChI is InChI=1S/C15H30N2O4S/c1-12(2)11-20-15-5-7-16(8-6-15)22(18,19)17-9-13(3)21-14(4)10-17/h12-15H,5-11H2,1-4H3/t13-,14+. The maximum atomic E-state index is 12.8. The molecule has 0 aromatic carbocycles. The predicted molar refractivity (Wildman–Crippen MR) is 85.9 cm³/mol. The molecule has 7 heteroatoms. The molecule has 22 heavy (non-hydrogen) atoms. The fourth-order valence-electron chi connectivity index (χ4n) is 3.04. The molecule has 2 aliphatic rings. The fourth-order valence-corrected chi connectivity index (χ4v) is 4.84. The van der Waals surface area contributed by atoms with Gasteiger partial charge in [-0.1, -0.05) is 13.8 Å². The van der Waals surface area contributed by atoms with Crippen LogP contribution >= 0.6 is 0 Å². The Morgan fingerprint density at radius 3 is 2.14 bits per heavy atom. The average molecular weight is 334 g/mol. The highest BCUT2D eigenvalue weighted by Gasteiger charge is 2.37. The van der Waals surface area contributed by atoms with E-state index < -0.39 is 10.2 Å². The average Bonchev–Trinajstić information content (AvgIpc) is 2.44. The molecular formula is C15H30N2O4S. The molecule has 0 aromatic rings. The summed E-state index contributed by atoms with van der Waals surface area (Å²) in [5.74, 6) is 0.512. The van der Waals surface area contributed by atoms with Crippen molar-refractivity contribution < 1.29 is 17.9 Å². The van der Waals surface area contributed by atoms with E-state index >= 15 is 0 Å². The van der Waals surface area contributed by atoms with E-state index in [1.807, 2.05) is 13.8 Å². The Balaban J connectivity index is 1.89. The summed E-state index contributed by atoms with van der Waals surface area (Å²) in [5, 5.41) is 0. The molecule has 0 radical (unpaired) electrons. The van der Waals surface area contributed by atoms with Crippen molar-refractivity contribution in [2.75, 3.05) is 32.8 Å². The van der Waals surface area contributed by atoms with Gasteiger partial charge in [0.2, 0.25) is 0 Å². The first-order valence-electron chi connectivity index (χ1n) is 8.31. The van der Waals surface area contributed by atoms with E-state index in [1.165, 1.54) is 0 Å². The van der Waals surface area contributed by atoms with Gasteiger partial charge in [0.25, 0.3) is 10.2 Å². The van der Waals surface area contributed by atoms with Gasteiger partial charge in [-0.2, -0.15) is 17.0 Å². The molecule has 0 N–H and O–H groups in total. The Hall–Kier alpha value is -0.210. The van der Waals surface area contributed by atoms with Crippen molar-refractivity contribution in [3.8, 4) is 0 Å². The number of hydrogen-bond acceptors (Lipinski definition) is 4. The molecule has 2 saturated heterocycles. The van der Waals surface area contributed by atoms with Crippen LogP contribution in [-0.4, -0.2) is 68.1 Å². The van der Waals surface area contributed by atoms with Gasteiger partial charge in [-0.25, -0.2) is 0 Å². The summed E-state index contributed by atoms with van der Waals surface area (Å²) < 4.78 is 40.2. The molecule has 2 rings (SSSR count). The number of hydrogen-bond donors (Lipinski definition) is 0. The van der Waals surface area contributed by atoms with Gasteiger partial charge in [-0.05, 0) is 32.6 Å². The summed E-state index contributed by atoms with van der Waals surface area (Å²) >= 11 is 0. The van der Waals surface area contributed by atoms with E-state index in [0.717, 1.165) is 19.4 Å². The zero-order valence-corrected chi connectivity index (χ0v) is 15.0. The molecule has 6 nitrogen and oxygen atoms in total. The van der Waals surface area contributed by atoms with E-state index in [9.17, 15) is 8.42 Å². The third-order valence-corrected chi connectivity index (χ3v) is 6.07. The Morgan fingerprint density at radius 2 is 1.64 bits per heavy atom. The quantitative estimate of drug-likeness (QED) is 0.764. The van der Waals surface area contributed by atoms with Gasteiger partial charge >= 0.3 is 0 Å². The Morgan fingerprint density at radius 1 is 1.09 bits per heavy atom. The molecule has 0 aliphatic carbocycles. The lowest BCUT2D eigenvalue weighted by atomic mass is 10.1. The van der Waals surface area contributed by atoms with Crippen LogP contribution in [0.1, 0.15) is 40.5 Å². The van der Waals surface area contributed by atoms with Crippen LogP contribution in [0.4, 0.5) is 0 Å². The van der Waals surface area contributed by atoms with E-state index in [-0.39, 0.29) is 18.3 Å². The van der Waals surface area contributed by atoms with Gasteiger partial charge in [0.15, 0.2) is 0 Å². The van der Waals surface area contributed by atoms with Gasteiger partial charge in [-0.15, -0.1) is 0 Å². The van der Waals surface area contributed by atoms with Gasteiger partial charge < -0.3 is 9.47 Å². The van der Waals surface area contributed by atoms with Crippen LogP contribution in [0.25, 0.3) is 0 Å². The molecule has 2 heterocycles. The predicted octanol–water partition coefficient (Wildman–Crippen LogP) is 1.48. The second kappa shape index (κ2) is 7.57. The molecule has 0 amide bonds. The number of rotatable bonds is 5. The Labute approximate surface area is 134 Å². The molecule has 0 spiro atoms. The van der Waals surface area contributed by atoms with Crippen molar-refractivity contribution in [2.45, 2.75) is 58.8 Å². The maximum absolute atomic E-state index is 12.8. The van der Waals surface area contributed by atoms with Crippen LogP contribution in [0.5, 0.6) is 0 Å². The van der Waals surface area contributed by atoms with Crippen molar-refractivity contribution >= 4 is 10.2 Å². The molecule has 2 atom stereocenters. The zero-order valence-electron chi connectivity index (χ0n) is 14.2. The third-order valence-electron chi connectivity index (χ3n) is 4.10. The lowest BCUT2D eigenvalue weighted by molar-refractivity contribution is -0.0464. The molecular weight excluding hydrogens is 304 g/mol. The third kappa shape index (κ3) is 4.64. The normalized spacial score (nSPS) is 30.0. The van der Waals surface area contributed by atoms with Crippen LogP contribution in [-0.2, 0) is 19.7 Å². The number of piperidine rings is 1. The van der Waals surface area contributed by atoms with Crippen LogP contribution < -0.4 is 0 Å². The molecule has 0 bridgehead atoms. The minimum atomic E-state index is -3.37. The van der Waals surface area contributed by atoms with Crippen molar-refractivity contribution in [1.82, 2.24) is 8.61 Å². The lowest BCUT2D eigenvalue weighted by Gasteiger charge is -2.39. The molecule has 0 aromatic heterocycles. The van der Waals surface area contributed by atoms with Crippen LogP contribution in [0.3, 0.4) is 0 Å². The number of nitrogens with zero attached hydrogens (tertiary/aromatic N) is 2. The summed E-state index contributed by atoms with van der Waals surface area (Å²) in [5.41, 5.74) is 0. The highest BCUT2D eigenvalue weighted by molar-refractivity contribution is 7.86. The van der Waals surface area contributed by atoms with Gasteiger partial charge in [0.05, 0.1) is 18.3 Å².